The molecule has 0 radical (unpaired) electrons. The monoisotopic (exact) mass is 194 g/mol. The van der Waals surface area contributed by atoms with Crippen molar-refractivity contribution in [3.05, 3.63) is 12.7 Å². The minimum absolute atomic E-state index is 0.359. The van der Waals surface area contributed by atoms with E-state index < -0.39 is 0 Å². The van der Waals surface area contributed by atoms with Crippen LogP contribution in [0.4, 0.5) is 0 Å². The summed E-state index contributed by atoms with van der Waals surface area (Å²) in [6.07, 6.45) is 1.14. The van der Waals surface area contributed by atoms with Crippen LogP contribution in [0.15, 0.2) is 12.7 Å². The zero-order chi connectivity index (χ0) is 10.2. The van der Waals surface area contributed by atoms with Gasteiger partial charge < -0.3 is 4.74 Å². The van der Waals surface area contributed by atoms with E-state index in [1.807, 2.05) is 21.1 Å². The summed E-state index contributed by atoms with van der Waals surface area (Å²) in [5.41, 5.74) is 0. The number of carbonyl (C=O) groups is 1. The maximum atomic E-state index is 10.1. The molecule has 0 aliphatic rings. The molecule has 0 aromatic carbocycles. The van der Waals surface area contributed by atoms with Crippen LogP contribution >= 0.6 is 11.8 Å². The molecule has 0 spiro atoms. The van der Waals surface area contributed by atoms with Crippen molar-refractivity contribution < 1.29 is 13.5 Å². The number of hydrogen-bond acceptors (Lipinski definition) is 2. The Bertz CT molecular complexity index is 134. The first-order valence-corrected chi connectivity index (χ1v) is 3.95. The van der Waals surface area contributed by atoms with E-state index in [9.17, 15) is 4.79 Å². The molecule has 0 saturated carbocycles. The molecule has 0 heterocycles. The molecule has 0 fully saturated rings. The summed E-state index contributed by atoms with van der Waals surface area (Å²) in [5, 5.41) is 0. The molecule has 0 rings (SSSR count). The van der Waals surface area contributed by atoms with Gasteiger partial charge in [0.2, 0.25) is 0 Å². The molecule has 72 valence electrons. The number of quaternary nitrogens is 1. The van der Waals surface area contributed by atoms with Gasteiger partial charge in [0, 0.05) is 6.08 Å². The first-order valence-electron chi connectivity index (χ1n) is 3.61. The van der Waals surface area contributed by atoms with Crippen LogP contribution in [0.5, 0.6) is 0 Å². The van der Waals surface area contributed by atoms with E-state index in [0.717, 1.165) is 6.08 Å². The van der Waals surface area contributed by atoms with Gasteiger partial charge in [0.05, 0.1) is 27.7 Å². The van der Waals surface area contributed by atoms with Crippen molar-refractivity contribution in [2.24, 2.45) is 0 Å². The molecule has 4 heteroatoms. The predicted octanol–water partition coefficient (Wildman–Crippen LogP) is 1.58. The van der Waals surface area contributed by atoms with E-state index in [1.54, 1.807) is 6.92 Å². The number of rotatable bonds is 2. The molecule has 0 bridgehead atoms. The van der Waals surface area contributed by atoms with Crippen LogP contribution in [0.2, 0.25) is 0 Å². The quantitative estimate of drug-likeness (QED) is 0.379. The van der Waals surface area contributed by atoms with Crippen LogP contribution in [0, 0.1) is 0 Å². The fourth-order valence-electron chi connectivity index (χ4n) is 0.201. The Balaban J connectivity index is 0. The summed E-state index contributed by atoms with van der Waals surface area (Å²) < 4.78 is 4.91. The van der Waals surface area contributed by atoms with Gasteiger partial charge in [0.1, 0.15) is 0 Å². The highest BCUT2D eigenvalue weighted by atomic mass is 35.5. The van der Waals surface area contributed by atoms with Crippen LogP contribution in [0.1, 0.15) is 6.92 Å². The van der Waals surface area contributed by atoms with Crippen molar-refractivity contribution in [3.63, 3.8) is 0 Å². The number of hydrogen-bond donors (Lipinski definition) is 0. The molecule has 0 aromatic heterocycles. The third kappa shape index (κ3) is 34.0. The van der Waals surface area contributed by atoms with Crippen molar-refractivity contribution in [2.45, 2.75) is 6.92 Å². The van der Waals surface area contributed by atoms with Crippen LogP contribution in [0.3, 0.4) is 0 Å². The number of carbonyl (C=O) groups excluding carboxylic acids is 1. The molecular formula is C8H17ClNO2+. The lowest BCUT2D eigenvalue weighted by Gasteiger charge is -2.07. The van der Waals surface area contributed by atoms with Gasteiger partial charge in [-0.1, -0.05) is 6.58 Å². The average Bonchev–Trinajstić information content (AvgIpc) is 1.85. The first kappa shape index (κ1) is 14.0. The average molecular weight is 195 g/mol. The minimum atomic E-state index is -0.359. The number of nitrogens with zero attached hydrogens (tertiary/aromatic N) is 1. The SMILES string of the molecule is C=CC(=O)OCC.C[N+](C)(C)Cl. The Morgan fingerprint density at radius 3 is 2.00 bits per heavy atom. The molecule has 0 atom stereocenters. The smallest absolute Gasteiger partial charge is 0.330 e. The summed E-state index contributed by atoms with van der Waals surface area (Å²) in [6, 6.07) is 0. The van der Waals surface area contributed by atoms with Crippen molar-refractivity contribution in [2.75, 3.05) is 27.7 Å². The van der Waals surface area contributed by atoms with E-state index >= 15 is 0 Å². The highest BCUT2D eigenvalue weighted by Crippen LogP contribution is 1.91. The van der Waals surface area contributed by atoms with Gasteiger partial charge in [-0.25, -0.2) is 8.80 Å². The topological polar surface area (TPSA) is 26.3 Å². The number of esters is 1. The van der Waals surface area contributed by atoms with Crippen LogP contribution in [-0.4, -0.2) is 37.7 Å². The van der Waals surface area contributed by atoms with E-state index in [1.165, 1.54) is 0 Å². The summed E-state index contributed by atoms with van der Waals surface area (Å²) >= 11 is 5.47. The van der Waals surface area contributed by atoms with Crippen LogP contribution in [0.25, 0.3) is 0 Å². The van der Waals surface area contributed by atoms with Crippen molar-refractivity contribution in [1.29, 1.82) is 0 Å². The Labute approximate surface area is 79.3 Å². The van der Waals surface area contributed by atoms with Gasteiger partial charge in [0.15, 0.2) is 11.8 Å². The molecule has 0 aliphatic carbocycles. The summed E-state index contributed by atoms with van der Waals surface area (Å²) in [6.45, 7) is 5.38. The maximum absolute atomic E-state index is 10.1. The zero-order valence-electron chi connectivity index (χ0n) is 8.13. The van der Waals surface area contributed by atoms with Crippen LogP contribution in [-0.2, 0) is 9.53 Å². The van der Waals surface area contributed by atoms with E-state index in [4.69, 9.17) is 11.8 Å². The second-order valence-electron chi connectivity index (χ2n) is 2.80. The van der Waals surface area contributed by atoms with Crippen molar-refractivity contribution in [3.8, 4) is 0 Å². The zero-order valence-corrected chi connectivity index (χ0v) is 8.89. The summed E-state index contributed by atoms with van der Waals surface area (Å²) in [5.74, 6) is -0.359. The first-order chi connectivity index (χ1) is 5.31. The lowest BCUT2D eigenvalue weighted by molar-refractivity contribution is -0.747. The van der Waals surface area contributed by atoms with Gasteiger partial charge in [-0.05, 0) is 6.92 Å². The normalized spacial score (nSPS) is 9.42. The lowest BCUT2D eigenvalue weighted by Crippen LogP contribution is -2.19. The highest BCUT2D eigenvalue weighted by Gasteiger charge is 1.95. The summed E-state index contributed by atoms with van der Waals surface area (Å²) in [4.78, 5) is 10.1. The number of ether oxygens (including phenoxy) is 1. The van der Waals surface area contributed by atoms with Crippen LogP contribution < -0.4 is 0 Å². The fourth-order valence-corrected chi connectivity index (χ4v) is 0.201. The van der Waals surface area contributed by atoms with Gasteiger partial charge in [0.25, 0.3) is 0 Å². The van der Waals surface area contributed by atoms with E-state index in [2.05, 4.69) is 11.3 Å². The Morgan fingerprint density at radius 1 is 1.58 bits per heavy atom. The van der Waals surface area contributed by atoms with Gasteiger partial charge in [-0.3, -0.25) is 0 Å². The number of halogens is 1. The highest BCUT2D eigenvalue weighted by molar-refractivity contribution is 6.06. The molecule has 12 heavy (non-hydrogen) atoms. The Kier molecular flexibility index (Phi) is 8.32. The molecule has 0 aliphatic heterocycles. The molecule has 0 aromatic rings. The minimum Gasteiger partial charge on any atom is -0.463 e. The molecule has 0 unspecified atom stereocenters. The van der Waals surface area contributed by atoms with E-state index in [0.29, 0.717) is 10.6 Å². The molecule has 0 amide bonds. The standard InChI is InChI=1S/C5H8O2.C3H9ClN/c1-3-5(6)7-4-2;1-5(2,3)4/h3H,1,4H2,2H3;1-3H3/q;+1. The molecule has 0 saturated heterocycles. The third-order valence-corrected chi connectivity index (χ3v) is 0.453. The Morgan fingerprint density at radius 2 is 1.92 bits per heavy atom. The van der Waals surface area contributed by atoms with Gasteiger partial charge >= 0.3 is 5.97 Å². The molecule has 0 N–H and O–H groups in total. The predicted molar refractivity (Wildman–Crippen MR) is 50.7 cm³/mol. The molecular weight excluding hydrogens is 178 g/mol. The van der Waals surface area contributed by atoms with Crippen molar-refractivity contribution >= 4 is 17.7 Å². The van der Waals surface area contributed by atoms with Crippen molar-refractivity contribution in [1.82, 2.24) is 0 Å². The van der Waals surface area contributed by atoms with Gasteiger partial charge in [-0.2, -0.15) is 0 Å². The fraction of sp³-hybridized carbons (Fsp3) is 0.625. The second kappa shape index (κ2) is 7.13. The van der Waals surface area contributed by atoms with E-state index in [-0.39, 0.29) is 5.97 Å². The largest absolute Gasteiger partial charge is 0.463 e. The summed E-state index contributed by atoms with van der Waals surface area (Å²) in [7, 11) is 5.67. The third-order valence-electron chi connectivity index (χ3n) is 0.453. The second-order valence-corrected chi connectivity index (χ2v) is 3.82. The molecule has 3 nitrogen and oxygen atoms in total. The lowest BCUT2D eigenvalue weighted by atomic mass is 10.6. The Hall–Kier alpha value is -0.540. The van der Waals surface area contributed by atoms with Gasteiger partial charge in [-0.15, -0.1) is 0 Å². The maximum Gasteiger partial charge on any atom is 0.330 e.